The van der Waals surface area contributed by atoms with Gasteiger partial charge in [0.1, 0.15) is 42.7 Å². The number of carbonyl (C=O) groups excluding carboxylic acids is 1. The molecule has 3 rings (SSSR count). The zero-order chi connectivity index (χ0) is 30.7. The maximum absolute atomic E-state index is 12.6. The number of aliphatic hydroxyl groups excluding tert-OH is 5. The molecule has 0 bridgehead atoms. The smallest absolute Gasteiger partial charge is 0.394 e. The molecular formula is C19H31N3O17P2. The third-order valence-corrected chi connectivity index (χ3v) is 8.59. The second-order valence-corrected chi connectivity index (χ2v) is 12.0. The molecule has 234 valence electrons. The van der Waals surface area contributed by atoms with Crippen LogP contribution >= 0.6 is 15.6 Å². The number of ether oxygens (including phenoxy) is 2. The van der Waals surface area contributed by atoms with Crippen molar-refractivity contribution in [1.82, 2.24) is 14.9 Å². The first-order chi connectivity index (χ1) is 19.1. The van der Waals surface area contributed by atoms with E-state index in [1.165, 1.54) is 0 Å². The van der Waals surface area contributed by atoms with E-state index in [-0.39, 0.29) is 6.42 Å². The van der Waals surface area contributed by atoms with Crippen molar-refractivity contribution in [3.05, 3.63) is 33.1 Å². The second kappa shape index (κ2) is 13.6. The van der Waals surface area contributed by atoms with Gasteiger partial charge in [-0.25, -0.2) is 13.9 Å². The van der Waals surface area contributed by atoms with Crippen molar-refractivity contribution >= 4 is 21.6 Å². The SMILES string of the molecule is CCCC(=O)N[C@H]1[C@@H](OP(=O)(O)OP(=O)(O)OC[C@H]2O[C@@H](n3ccc(=O)[nH]c3=O)[C@H](O)[C@@H]2O)O[C@H](CO)[C@H](O)[C@@H]1O. The standard InChI is InChI=1S/C19H31N3O17P2/c1-2-3-10(24)20-12-15(28)13(26)8(6-23)37-18(12)38-41(33,34)39-40(31,32)35-7-9-14(27)16(29)17(36-9)22-5-4-11(25)21-19(22)30/h4-5,8-9,12-18,23,26-29H,2-3,6-7H2,1H3,(H,20,24)(H,31,32)(H,33,34)(H,21,25,30)/t8-,9-,12-,13+,14-,15-,16-,17-,18-/m1/s1. The van der Waals surface area contributed by atoms with Gasteiger partial charge in [-0.15, -0.1) is 0 Å². The van der Waals surface area contributed by atoms with Crippen molar-refractivity contribution in [2.75, 3.05) is 13.2 Å². The fourth-order valence-corrected chi connectivity index (χ4v) is 6.17. The van der Waals surface area contributed by atoms with E-state index in [0.717, 1.165) is 16.8 Å². The van der Waals surface area contributed by atoms with E-state index in [2.05, 4.69) is 14.2 Å². The molecule has 0 aliphatic carbocycles. The Labute approximate surface area is 230 Å². The quantitative estimate of drug-likeness (QED) is 0.0992. The highest BCUT2D eigenvalue weighted by molar-refractivity contribution is 7.61. The minimum atomic E-state index is -5.64. The van der Waals surface area contributed by atoms with Gasteiger partial charge in [-0.1, -0.05) is 6.92 Å². The summed E-state index contributed by atoms with van der Waals surface area (Å²) in [7, 11) is -11.2. The Morgan fingerprint density at radius 2 is 1.71 bits per heavy atom. The van der Waals surface area contributed by atoms with Gasteiger partial charge in [-0.05, 0) is 6.42 Å². The molecule has 1 aromatic heterocycles. The van der Waals surface area contributed by atoms with Crippen molar-refractivity contribution in [1.29, 1.82) is 0 Å². The van der Waals surface area contributed by atoms with E-state index in [9.17, 15) is 58.8 Å². The molecule has 3 heterocycles. The summed E-state index contributed by atoms with van der Waals surface area (Å²) in [4.78, 5) is 57.3. The molecule has 1 aromatic rings. The molecule has 9 N–H and O–H groups in total. The van der Waals surface area contributed by atoms with Crippen molar-refractivity contribution in [3.8, 4) is 0 Å². The molecule has 2 saturated heterocycles. The van der Waals surface area contributed by atoms with Gasteiger partial charge in [0.05, 0.1) is 13.2 Å². The minimum absolute atomic E-state index is 0.0517. The van der Waals surface area contributed by atoms with Gasteiger partial charge in [0.2, 0.25) is 5.91 Å². The van der Waals surface area contributed by atoms with Crippen LogP contribution in [0.15, 0.2) is 21.9 Å². The van der Waals surface area contributed by atoms with Gasteiger partial charge in [0.25, 0.3) is 5.56 Å². The van der Waals surface area contributed by atoms with Crippen molar-refractivity contribution in [2.45, 2.75) is 74.9 Å². The average Bonchev–Trinajstić information content (AvgIpc) is 3.15. The van der Waals surface area contributed by atoms with Gasteiger partial charge >= 0.3 is 21.3 Å². The lowest BCUT2D eigenvalue weighted by Gasteiger charge is -2.42. The van der Waals surface area contributed by atoms with Gasteiger partial charge in [-0.3, -0.25) is 28.2 Å². The Morgan fingerprint density at radius 3 is 2.32 bits per heavy atom. The van der Waals surface area contributed by atoms with E-state index >= 15 is 0 Å². The maximum Gasteiger partial charge on any atom is 0.483 e. The number of H-pyrrole nitrogens is 1. The monoisotopic (exact) mass is 635 g/mol. The molecule has 2 unspecified atom stereocenters. The lowest BCUT2D eigenvalue weighted by molar-refractivity contribution is -0.248. The van der Waals surface area contributed by atoms with Crippen molar-refractivity contribution in [3.63, 3.8) is 0 Å². The number of rotatable bonds is 12. The summed E-state index contributed by atoms with van der Waals surface area (Å²) in [6.45, 7) is -0.270. The molecule has 2 fully saturated rings. The molecule has 1 amide bonds. The maximum atomic E-state index is 12.6. The molecule has 0 radical (unpaired) electrons. The fourth-order valence-electron chi connectivity index (χ4n) is 4.01. The number of hydrogen-bond acceptors (Lipinski definition) is 15. The van der Waals surface area contributed by atoms with E-state index in [4.69, 9.17) is 14.0 Å². The van der Waals surface area contributed by atoms with Crippen LogP contribution in [-0.4, -0.2) is 113 Å². The molecule has 11 atom stereocenters. The fraction of sp³-hybridized carbons (Fsp3) is 0.737. The number of phosphoric ester groups is 2. The Hall–Kier alpha value is -1.87. The lowest BCUT2D eigenvalue weighted by Crippen LogP contribution is -2.64. The lowest BCUT2D eigenvalue weighted by atomic mass is 9.97. The van der Waals surface area contributed by atoms with Crippen LogP contribution in [0.25, 0.3) is 0 Å². The Bertz CT molecular complexity index is 1270. The number of hydrogen-bond donors (Lipinski definition) is 9. The molecule has 0 aromatic carbocycles. The van der Waals surface area contributed by atoms with Crippen LogP contribution in [0.4, 0.5) is 0 Å². The van der Waals surface area contributed by atoms with Crippen LogP contribution in [0.2, 0.25) is 0 Å². The predicted octanol–water partition coefficient (Wildman–Crippen LogP) is -3.87. The third kappa shape index (κ3) is 8.37. The number of aromatic amines is 1. The first kappa shape index (κ1) is 33.6. The number of aromatic nitrogens is 2. The molecule has 0 saturated carbocycles. The number of nitrogens with zero attached hydrogens (tertiary/aromatic N) is 1. The molecule has 20 nitrogen and oxygen atoms in total. The number of aliphatic hydroxyl groups is 5. The van der Waals surface area contributed by atoms with E-state index in [1.807, 2.05) is 4.98 Å². The van der Waals surface area contributed by atoms with Gasteiger partial charge in [0, 0.05) is 18.7 Å². The summed E-state index contributed by atoms with van der Waals surface area (Å²) in [5.74, 6) is -0.673. The summed E-state index contributed by atoms with van der Waals surface area (Å²) in [5.41, 5.74) is -1.75. The Balaban J connectivity index is 1.66. The highest BCUT2D eigenvalue weighted by Crippen LogP contribution is 2.61. The zero-order valence-electron chi connectivity index (χ0n) is 21.2. The van der Waals surface area contributed by atoms with Crippen LogP contribution in [0.3, 0.4) is 0 Å². The van der Waals surface area contributed by atoms with E-state index in [0.29, 0.717) is 6.42 Å². The number of phosphoric acid groups is 2. The highest BCUT2D eigenvalue weighted by Gasteiger charge is 2.50. The molecule has 2 aliphatic heterocycles. The van der Waals surface area contributed by atoms with Crippen LogP contribution in [0.1, 0.15) is 26.0 Å². The highest BCUT2D eigenvalue weighted by atomic mass is 31.3. The van der Waals surface area contributed by atoms with Crippen molar-refractivity contribution in [2.24, 2.45) is 0 Å². The molecule has 0 spiro atoms. The zero-order valence-corrected chi connectivity index (χ0v) is 23.0. The Kier molecular flexibility index (Phi) is 11.2. The summed E-state index contributed by atoms with van der Waals surface area (Å²) in [6, 6.07) is -0.757. The largest absolute Gasteiger partial charge is 0.483 e. The Morgan fingerprint density at radius 1 is 1.05 bits per heavy atom. The van der Waals surface area contributed by atoms with Gasteiger partial charge in [-0.2, -0.15) is 4.31 Å². The van der Waals surface area contributed by atoms with Gasteiger partial charge in [0.15, 0.2) is 12.5 Å². The summed E-state index contributed by atoms with van der Waals surface area (Å²) in [6.07, 6.45) is -12.7. The minimum Gasteiger partial charge on any atom is -0.394 e. The first-order valence-corrected chi connectivity index (χ1v) is 15.0. The third-order valence-electron chi connectivity index (χ3n) is 5.99. The predicted molar refractivity (Wildman–Crippen MR) is 130 cm³/mol. The number of nitrogens with one attached hydrogen (secondary N) is 2. The summed E-state index contributed by atoms with van der Waals surface area (Å²) >= 11 is 0. The molecule has 22 heteroatoms. The summed E-state index contributed by atoms with van der Waals surface area (Å²) < 4.78 is 49.7. The molecule has 2 aliphatic rings. The van der Waals surface area contributed by atoms with Crippen LogP contribution in [0.5, 0.6) is 0 Å². The van der Waals surface area contributed by atoms with Crippen LogP contribution < -0.4 is 16.6 Å². The van der Waals surface area contributed by atoms with Crippen LogP contribution in [-0.2, 0) is 36.8 Å². The number of amides is 1. The topological polar surface area (TPSA) is 306 Å². The molecular weight excluding hydrogens is 604 g/mol. The van der Waals surface area contributed by atoms with Crippen molar-refractivity contribution < 1.29 is 72.1 Å². The normalized spacial score (nSPS) is 35.0. The first-order valence-electron chi connectivity index (χ1n) is 12.0. The number of carbonyl (C=O) groups is 1. The van der Waals surface area contributed by atoms with E-state index in [1.54, 1.807) is 6.92 Å². The van der Waals surface area contributed by atoms with Gasteiger partial charge < -0.3 is 50.1 Å². The molecule has 41 heavy (non-hydrogen) atoms. The average molecular weight is 635 g/mol. The summed E-state index contributed by atoms with van der Waals surface area (Å²) in [5, 5.41) is 52.5. The van der Waals surface area contributed by atoms with E-state index < -0.39 is 101 Å². The van der Waals surface area contributed by atoms with Crippen LogP contribution in [0, 0.1) is 0 Å². The second-order valence-electron chi connectivity index (χ2n) is 9.03.